The molecule has 2 N–H and O–H groups in total. The molecule has 3 heterocycles. The molecular formula is C28H32N6O2. The zero-order chi connectivity index (χ0) is 25.2. The number of hydrogen-bond acceptors (Lipinski definition) is 7. The van der Waals surface area contributed by atoms with E-state index in [-0.39, 0.29) is 11.7 Å². The molecule has 5 rings (SSSR count). The number of carbonyl (C=O) groups is 1. The highest BCUT2D eigenvalue weighted by Crippen LogP contribution is 2.30. The van der Waals surface area contributed by atoms with Crippen LogP contribution in [-0.2, 0) is 11.2 Å². The first-order valence-corrected chi connectivity index (χ1v) is 12.7. The first-order valence-electron chi connectivity index (χ1n) is 12.7. The number of aryl methyl sites for hydroxylation is 1. The summed E-state index contributed by atoms with van der Waals surface area (Å²) in [5, 5.41) is 22.0. The molecule has 0 amide bonds. The van der Waals surface area contributed by atoms with Crippen molar-refractivity contribution in [1.82, 2.24) is 19.6 Å². The highest BCUT2D eigenvalue weighted by molar-refractivity contribution is 6.08. The van der Waals surface area contributed by atoms with Gasteiger partial charge in [0.15, 0.2) is 11.6 Å². The third-order valence-corrected chi connectivity index (χ3v) is 6.78. The van der Waals surface area contributed by atoms with Crippen LogP contribution >= 0.6 is 0 Å². The van der Waals surface area contributed by atoms with Crippen molar-refractivity contribution in [3.05, 3.63) is 59.4 Å². The molecule has 1 aliphatic heterocycles. The van der Waals surface area contributed by atoms with E-state index in [0.29, 0.717) is 24.4 Å². The van der Waals surface area contributed by atoms with E-state index in [1.54, 1.807) is 0 Å². The summed E-state index contributed by atoms with van der Waals surface area (Å²) in [5.41, 5.74) is 6.91. The molecule has 8 nitrogen and oxygen atoms in total. The fourth-order valence-electron chi connectivity index (χ4n) is 4.70. The number of rotatable bonds is 10. The first kappa shape index (κ1) is 24.1. The van der Waals surface area contributed by atoms with Gasteiger partial charge in [-0.2, -0.15) is 0 Å². The van der Waals surface area contributed by atoms with Crippen LogP contribution in [0.1, 0.15) is 56.5 Å². The third kappa shape index (κ3) is 4.73. The lowest BCUT2D eigenvalue weighted by molar-refractivity contribution is -0.129. The monoisotopic (exact) mass is 484 g/mol. The summed E-state index contributed by atoms with van der Waals surface area (Å²) in [7, 11) is 0. The number of carbonyl (C=O) groups excluding carboxylic acids is 1. The van der Waals surface area contributed by atoms with Crippen molar-refractivity contribution in [3.8, 4) is 0 Å². The second-order valence-corrected chi connectivity index (χ2v) is 9.83. The maximum Gasteiger partial charge on any atom is 0.204 e. The number of aliphatic hydroxyl groups excluding tert-OH is 1. The molecule has 0 unspecified atom stereocenters. The number of nitrogens with one attached hydrogen (secondary N) is 1. The van der Waals surface area contributed by atoms with Crippen molar-refractivity contribution >= 4 is 39.7 Å². The Balaban J connectivity index is 1.30. The molecule has 36 heavy (non-hydrogen) atoms. The van der Waals surface area contributed by atoms with Gasteiger partial charge in [0.05, 0.1) is 22.4 Å². The second-order valence-electron chi connectivity index (χ2n) is 9.83. The summed E-state index contributed by atoms with van der Waals surface area (Å²) < 4.78 is 2.03. The highest BCUT2D eigenvalue weighted by Gasteiger charge is 2.19. The summed E-state index contributed by atoms with van der Waals surface area (Å²) in [5.74, 6) is 1.40. The quantitative estimate of drug-likeness (QED) is 0.313. The highest BCUT2D eigenvalue weighted by atomic mass is 16.3. The Morgan fingerprint density at radius 1 is 1.11 bits per heavy atom. The number of aliphatic imine (C=N–C) groups is 1. The minimum atomic E-state index is -0.858. The average Bonchev–Trinajstić information content (AvgIpc) is 3.49. The van der Waals surface area contributed by atoms with Gasteiger partial charge in [-0.05, 0) is 55.0 Å². The molecule has 0 spiro atoms. The summed E-state index contributed by atoms with van der Waals surface area (Å²) in [4.78, 5) is 21.7. The Morgan fingerprint density at radius 2 is 1.94 bits per heavy atom. The molecule has 2 aromatic carbocycles. The zero-order valence-corrected chi connectivity index (χ0v) is 21.0. The largest absolute Gasteiger partial charge is 0.385 e. The van der Waals surface area contributed by atoms with Gasteiger partial charge in [-0.15, -0.1) is 10.2 Å². The predicted octanol–water partition coefficient (Wildman–Crippen LogP) is 4.82. The van der Waals surface area contributed by atoms with Crippen molar-refractivity contribution in [2.24, 2.45) is 10.9 Å². The van der Waals surface area contributed by atoms with E-state index in [4.69, 9.17) is 9.98 Å². The van der Waals surface area contributed by atoms with Crippen LogP contribution in [-0.4, -0.2) is 48.8 Å². The number of anilines is 1. The maximum absolute atomic E-state index is 12.0. The molecule has 0 saturated carbocycles. The normalized spacial score (nSPS) is 13.9. The number of nitrogens with zero attached hydrogens (tertiary/aromatic N) is 5. The molecule has 1 aliphatic rings. The van der Waals surface area contributed by atoms with Crippen molar-refractivity contribution < 1.29 is 9.90 Å². The predicted molar refractivity (Wildman–Crippen MR) is 142 cm³/mol. The van der Waals surface area contributed by atoms with Crippen molar-refractivity contribution in [2.75, 3.05) is 11.9 Å². The van der Waals surface area contributed by atoms with Gasteiger partial charge in [-0.1, -0.05) is 44.5 Å². The SMILES string of the molecule is Cc1nnc2c(NCCCCCC(=O)[C@@H](O)C(C)C)nc3cc(C4=Nc5ccccc5C4)ccc3n12. The molecule has 0 fully saturated rings. The Bertz CT molecular complexity index is 1460. The summed E-state index contributed by atoms with van der Waals surface area (Å²) in [6, 6.07) is 14.5. The fraction of sp³-hybridized carbons (Fsp3) is 0.393. The van der Waals surface area contributed by atoms with E-state index in [2.05, 4.69) is 51.9 Å². The maximum atomic E-state index is 12.0. The van der Waals surface area contributed by atoms with Crippen molar-refractivity contribution in [2.45, 2.75) is 59.0 Å². The van der Waals surface area contributed by atoms with E-state index in [1.807, 2.05) is 31.2 Å². The smallest absolute Gasteiger partial charge is 0.204 e. The lowest BCUT2D eigenvalue weighted by atomic mass is 9.99. The van der Waals surface area contributed by atoms with Gasteiger partial charge in [0, 0.05) is 19.4 Å². The molecule has 2 aromatic heterocycles. The van der Waals surface area contributed by atoms with Gasteiger partial charge in [0.2, 0.25) is 5.65 Å². The van der Waals surface area contributed by atoms with Gasteiger partial charge >= 0.3 is 0 Å². The molecule has 1 atom stereocenters. The number of ketones is 1. The number of unbranched alkanes of at least 4 members (excludes halogenated alkanes) is 2. The average molecular weight is 485 g/mol. The number of fused-ring (bicyclic) bond motifs is 4. The molecule has 0 bridgehead atoms. The van der Waals surface area contributed by atoms with Crippen LogP contribution in [0.25, 0.3) is 16.7 Å². The van der Waals surface area contributed by atoms with Crippen molar-refractivity contribution in [3.63, 3.8) is 0 Å². The first-order chi connectivity index (χ1) is 17.4. The van der Waals surface area contributed by atoms with Crippen molar-refractivity contribution in [1.29, 1.82) is 0 Å². The molecule has 186 valence electrons. The van der Waals surface area contributed by atoms with E-state index >= 15 is 0 Å². The third-order valence-electron chi connectivity index (χ3n) is 6.78. The molecule has 0 saturated heterocycles. The Labute approximate surface area is 210 Å². The molecule has 4 aromatic rings. The zero-order valence-electron chi connectivity index (χ0n) is 21.0. The minimum Gasteiger partial charge on any atom is -0.385 e. The number of aromatic nitrogens is 4. The fourth-order valence-corrected chi connectivity index (χ4v) is 4.70. The Morgan fingerprint density at radius 3 is 2.75 bits per heavy atom. The number of benzene rings is 2. The number of aliphatic hydroxyl groups is 1. The van der Waals surface area contributed by atoms with E-state index in [1.165, 1.54) is 5.56 Å². The lowest BCUT2D eigenvalue weighted by Gasteiger charge is -2.13. The number of para-hydroxylation sites is 1. The Kier molecular flexibility index (Phi) is 6.78. The molecule has 0 radical (unpaired) electrons. The number of Topliss-reactive ketones (excluding diaryl/α,β-unsaturated/α-hetero) is 1. The summed E-state index contributed by atoms with van der Waals surface area (Å²) in [6.45, 7) is 6.37. The van der Waals surface area contributed by atoms with E-state index in [9.17, 15) is 9.90 Å². The van der Waals surface area contributed by atoms with Gasteiger partial charge in [-0.3, -0.25) is 14.2 Å². The van der Waals surface area contributed by atoms with Crippen LogP contribution in [0, 0.1) is 12.8 Å². The van der Waals surface area contributed by atoms with Gasteiger partial charge in [-0.25, -0.2) is 4.98 Å². The standard InChI is InChI=1S/C28H32N6O2/c1-17(2)26(36)25(35)11-5-4-8-14-29-27-28-33-32-18(3)34(28)24-13-12-20(16-23(24)31-27)22-15-19-9-6-7-10-21(19)30-22/h6-7,9-10,12-13,16-17,26,36H,4-5,8,11,14-15H2,1-3H3,(H,29,31)/t26-/m0/s1. The van der Waals surface area contributed by atoms with E-state index < -0.39 is 6.10 Å². The lowest BCUT2D eigenvalue weighted by Crippen LogP contribution is -2.25. The van der Waals surface area contributed by atoms with Crippen LogP contribution in [0.15, 0.2) is 47.5 Å². The second kappa shape index (κ2) is 10.1. The molecule has 8 heteroatoms. The Hall–Kier alpha value is -3.65. The van der Waals surface area contributed by atoms with Crippen LogP contribution in [0.2, 0.25) is 0 Å². The van der Waals surface area contributed by atoms with Crippen LogP contribution in [0.4, 0.5) is 11.5 Å². The van der Waals surface area contributed by atoms with E-state index in [0.717, 1.165) is 59.5 Å². The van der Waals surface area contributed by atoms with Crippen LogP contribution in [0.5, 0.6) is 0 Å². The van der Waals surface area contributed by atoms with Crippen LogP contribution in [0.3, 0.4) is 0 Å². The van der Waals surface area contributed by atoms with Crippen LogP contribution < -0.4 is 5.32 Å². The molecule has 0 aliphatic carbocycles. The van der Waals surface area contributed by atoms with Gasteiger partial charge in [0.1, 0.15) is 11.9 Å². The topological polar surface area (TPSA) is 105 Å². The summed E-state index contributed by atoms with van der Waals surface area (Å²) in [6.07, 6.45) is 2.92. The van der Waals surface area contributed by atoms with Gasteiger partial charge < -0.3 is 10.4 Å². The molecular weight excluding hydrogens is 452 g/mol. The summed E-state index contributed by atoms with van der Waals surface area (Å²) >= 11 is 0. The van der Waals surface area contributed by atoms with Gasteiger partial charge in [0.25, 0.3) is 0 Å². The number of hydrogen-bond donors (Lipinski definition) is 2. The minimum absolute atomic E-state index is 0.0382.